The van der Waals surface area contributed by atoms with Gasteiger partial charge in [0.1, 0.15) is 4.88 Å². The third-order valence-corrected chi connectivity index (χ3v) is 3.18. The van der Waals surface area contributed by atoms with E-state index in [1.165, 1.54) is 6.26 Å². The van der Waals surface area contributed by atoms with Gasteiger partial charge >= 0.3 is 5.97 Å². The number of anilines is 1. The smallest absolute Gasteiger partial charge is 0.356 e. The Morgan fingerprint density at radius 1 is 1.67 bits per heavy atom. The largest absolute Gasteiger partial charge is 0.476 e. The minimum absolute atomic E-state index is 0.0897. The molecular weight excluding hydrogens is 284 g/mol. The summed E-state index contributed by atoms with van der Waals surface area (Å²) in [6, 6.07) is 1.68. The van der Waals surface area contributed by atoms with Crippen molar-refractivity contribution in [3.63, 3.8) is 0 Å². The van der Waals surface area contributed by atoms with E-state index in [1.807, 2.05) is 0 Å². The van der Waals surface area contributed by atoms with Crippen LogP contribution in [0.5, 0.6) is 0 Å². The number of carbonyl (C=O) groups is 1. The van der Waals surface area contributed by atoms with Crippen molar-refractivity contribution in [2.75, 3.05) is 5.73 Å². The molecule has 0 saturated carbocycles. The molecule has 0 aliphatic rings. The Balaban J connectivity index is 2.62. The van der Waals surface area contributed by atoms with E-state index in [4.69, 9.17) is 15.3 Å². The van der Waals surface area contributed by atoms with Gasteiger partial charge in [0.25, 0.3) is 0 Å². The third kappa shape index (κ3) is 1.75. The SMILES string of the molecule is Nc1nc(C(=O)O)c(-c2occc2Br)s1. The summed E-state index contributed by atoms with van der Waals surface area (Å²) in [7, 11) is 0. The van der Waals surface area contributed by atoms with Gasteiger partial charge in [0.15, 0.2) is 16.6 Å². The van der Waals surface area contributed by atoms with Crippen LogP contribution in [0, 0.1) is 0 Å². The van der Waals surface area contributed by atoms with Crippen LogP contribution in [0.3, 0.4) is 0 Å². The first-order valence-corrected chi connectivity index (χ1v) is 5.43. The minimum Gasteiger partial charge on any atom is -0.476 e. The molecule has 0 saturated heterocycles. The van der Waals surface area contributed by atoms with Gasteiger partial charge in [-0.1, -0.05) is 11.3 Å². The highest BCUT2D eigenvalue weighted by Gasteiger charge is 2.21. The molecule has 0 bridgehead atoms. The van der Waals surface area contributed by atoms with E-state index < -0.39 is 5.97 Å². The molecule has 0 aliphatic carbocycles. The molecule has 15 heavy (non-hydrogen) atoms. The molecule has 2 rings (SSSR count). The van der Waals surface area contributed by atoms with Crippen molar-refractivity contribution >= 4 is 38.4 Å². The first kappa shape index (κ1) is 10.2. The van der Waals surface area contributed by atoms with Crippen LogP contribution in [-0.4, -0.2) is 16.1 Å². The van der Waals surface area contributed by atoms with Crippen molar-refractivity contribution < 1.29 is 14.3 Å². The van der Waals surface area contributed by atoms with Crippen LogP contribution in [0.1, 0.15) is 10.5 Å². The molecule has 0 radical (unpaired) electrons. The summed E-state index contributed by atoms with van der Waals surface area (Å²) in [5, 5.41) is 9.10. The van der Waals surface area contributed by atoms with Gasteiger partial charge in [-0.15, -0.1) is 0 Å². The van der Waals surface area contributed by atoms with Crippen LogP contribution in [-0.2, 0) is 0 Å². The van der Waals surface area contributed by atoms with Gasteiger partial charge in [-0.2, -0.15) is 0 Å². The van der Waals surface area contributed by atoms with Crippen molar-refractivity contribution in [1.82, 2.24) is 4.98 Å². The maximum absolute atomic E-state index is 10.9. The van der Waals surface area contributed by atoms with Crippen LogP contribution < -0.4 is 5.73 Å². The molecule has 2 heterocycles. The lowest BCUT2D eigenvalue weighted by molar-refractivity contribution is 0.0692. The Bertz CT molecular complexity index is 520. The quantitative estimate of drug-likeness (QED) is 0.886. The summed E-state index contributed by atoms with van der Waals surface area (Å²) in [6.45, 7) is 0. The fourth-order valence-corrected chi connectivity index (χ4v) is 2.45. The second kappa shape index (κ2) is 3.67. The van der Waals surface area contributed by atoms with Crippen molar-refractivity contribution in [2.45, 2.75) is 0 Å². The number of aromatic nitrogens is 1. The molecule has 2 aromatic heterocycles. The molecular formula is C8H5BrN2O3S. The minimum atomic E-state index is -1.12. The zero-order chi connectivity index (χ0) is 11.0. The monoisotopic (exact) mass is 288 g/mol. The fourth-order valence-electron chi connectivity index (χ4n) is 1.09. The number of thiazole rings is 1. The highest BCUT2D eigenvalue weighted by atomic mass is 79.9. The van der Waals surface area contributed by atoms with Gasteiger partial charge in [-0.3, -0.25) is 0 Å². The molecule has 0 atom stereocenters. The Morgan fingerprint density at radius 2 is 2.40 bits per heavy atom. The van der Waals surface area contributed by atoms with E-state index in [-0.39, 0.29) is 10.8 Å². The highest BCUT2D eigenvalue weighted by molar-refractivity contribution is 9.10. The first-order chi connectivity index (χ1) is 7.09. The summed E-state index contributed by atoms with van der Waals surface area (Å²) in [5.41, 5.74) is 5.37. The molecule has 0 aromatic carbocycles. The van der Waals surface area contributed by atoms with Gasteiger partial charge < -0.3 is 15.3 Å². The van der Waals surface area contributed by atoms with Crippen LogP contribution in [0.15, 0.2) is 21.2 Å². The lowest BCUT2D eigenvalue weighted by atomic mass is 10.3. The number of aromatic carboxylic acids is 1. The Hall–Kier alpha value is -1.34. The normalized spacial score (nSPS) is 10.5. The van der Waals surface area contributed by atoms with Gasteiger partial charge in [0.2, 0.25) is 0 Å². The number of carboxylic acids is 1. The predicted molar refractivity (Wildman–Crippen MR) is 58.9 cm³/mol. The van der Waals surface area contributed by atoms with Gasteiger partial charge in [-0.25, -0.2) is 9.78 Å². The Morgan fingerprint density at radius 3 is 2.93 bits per heavy atom. The van der Waals surface area contributed by atoms with Gasteiger partial charge in [-0.05, 0) is 22.0 Å². The number of hydrogen-bond donors (Lipinski definition) is 2. The summed E-state index contributed by atoms with van der Waals surface area (Å²) < 4.78 is 5.83. The van der Waals surface area contributed by atoms with Gasteiger partial charge in [0, 0.05) is 0 Å². The number of halogens is 1. The van der Waals surface area contributed by atoms with E-state index in [0.29, 0.717) is 15.1 Å². The van der Waals surface area contributed by atoms with Gasteiger partial charge in [0.05, 0.1) is 10.7 Å². The van der Waals surface area contributed by atoms with Crippen molar-refractivity contribution in [3.05, 3.63) is 22.5 Å². The third-order valence-electron chi connectivity index (χ3n) is 1.67. The molecule has 7 heteroatoms. The Labute approximate surface area is 96.7 Å². The second-order valence-electron chi connectivity index (χ2n) is 2.63. The molecule has 2 aromatic rings. The zero-order valence-electron chi connectivity index (χ0n) is 7.23. The summed E-state index contributed by atoms with van der Waals surface area (Å²) >= 11 is 4.32. The highest BCUT2D eigenvalue weighted by Crippen LogP contribution is 2.36. The maximum Gasteiger partial charge on any atom is 0.356 e. The van der Waals surface area contributed by atoms with E-state index >= 15 is 0 Å². The average molecular weight is 289 g/mol. The van der Waals surface area contributed by atoms with E-state index in [1.54, 1.807) is 6.07 Å². The van der Waals surface area contributed by atoms with E-state index in [2.05, 4.69) is 20.9 Å². The number of hydrogen-bond acceptors (Lipinski definition) is 5. The number of carboxylic acid groups (broad SMARTS) is 1. The van der Waals surface area contributed by atoms with Crippen molar-refractivity contribution in [2.24, 2.45) is 0 Å². The molecule has 78 valence electrons. The maximum atomic E-state index is 10.9. The lowest BCUT2D eigenvalue weighted by Crippen LogP contribution is -1.99. The molecule has 3 N–H and O–H groups in total. The molecule has 0 spiro atoms. The van der Waals surface area contributed by atoms with Crippen LogP contribution >= 0.6 is 27.3 Å². The predicted octanol–water partition coefficient (Wildman–Crippen LogP) is 2.45. The number of nitrogens with zero attached hydrogens (tertiary/aromatic N) is 1. The van der Waals surface area contributed by atoms with E-state index in [0.717, 1.165) is 11.3 Å². The first-order valence-electron chi connectivity index (χ1n) is 3.82. The average Bonchev–Trinajstić information content (AvgIpc) is 2.71. The Kier molecular flexibility index (Phi) is 2.49. The molecule has 0 fully saturated rings. The molecule has 5 nitrogen and oxygen atoms in total. The topological polar surface area (TPSA) is 89.3 Å². The number of furan rings is 1. The van der Waals surface area contributed by atoms with Crippen LogP contribution in [0.25, 0.3) is 10.6 Å². The van der Waals surface area contributed by atoms with Crippen LogP contribution in [0.4, 0.5) is 5.13 Å². The summed E-state index contributed by atoms with van der Waals surface area (Å²) in [6.07, 6.45) is 1.46. The fraction of sp³-hybridized carbons (Fsp3) is 0. The number of nitrogen functional groups attached to an aromatic ring is 1. The standard InChI is InChI=1S/C8H5BrN2O3S/c9-3-1-2-14-5(3)6-4(7(12)13)11-8(10)15-6/h1-2H,(H2,10,11)(H,12,13). The van der Waals surface area contributed by atoms with Crippen molar-refractivity contribution in [3.8, 4) is 10.6 Å². The van der Waals surface area contributed by atoms with Crippen LogP contribution in [0.2, 0.25) is 0 Å². The zero-order valence-corrected chi connectivity index (χ0v) is 9.63. The lowest BCUT2D eigenvalue weighted by Gasteiger charge is -1.93. The van der Waals surface area contributed by atoms with E-state index in [9.17, 15) is 4.79 Å². The molecule has 0 amide bonds. The molecule has 0 aliphatic heterocycles. The summed E-state index contributed by atoms with van der Waals surface area (Å²) in [5.74, 6) is -0.692. The summed E-state index contributed by atoms with van der Waals surface area (Å²) in [4.78, 5) is 15.0. The molecule has 0 unspecified atom stereocenters. The number of nitrogens with two attached hydrogens (primary N) is 1. The van der Waals surface area contributed by atoms with Crippen molar-refractivity contribution in [1.29, 1.82) is 0 Å². The number of rotatable bonds is 2. The second-order valence-corrected chi connectivity index (χ2v) is 4.52.